The van der Waals surface area contributed by atoms with E-state index in [1.807, 2.05) is 0 Å². The molecule has 2 amide bonds. The zero-order chi connectivity index (χ0) is 15.5. The molecule has 0 spiro atoms. The monoisotopic (exact) mass is 406 g/mol. The lowest BCUT2D eigenvalue weighted by molar-refractivity contribution is -0.141. The number of anilines is 1. The predicted octanol–water partition coefficient (Wildman–Crippen LogP) is 3.83. The Morgan fingerprint density at radius 2 is 1.85 bits per heavy atom. The fourth-order valence-corrected chi connectivity index (χ4v) is 2.68. The van der Waals surface area contributed by atoms with E-state index in [4.69, 9.17) is 5.11 Å². The van der Waals surface area contributed by atoms with Crippen molar-refractivity contribution in [3.8, 4) is 0 Å². The average molecular weight is 408 g/mol. The first kappa shape index (κ1) is 17.0. The largest absolute Gasteiger partial charge is 0.480 e. The summed E-state index contributed by atoms with van der Waals surface area (Å²) in [6.07, 6.45) is 0. The molecule has 0 fully saturated rings. The van der Waals surface area contributed by atoms with Crippen molar-refractivity contribution in [2.24, 2.45) is 5.41 Å². The molecule has 0 bridgehead atoms. The van der Waals surface area contributed by atoms with E-state index in [0.717, 1.165) is 4.47 Å². The van der Waals surface area contributed by atoms with Crippen LogP contribution >= 0.6 is 31.9 Å². The lowest BCUT2D eigenvalue weighted by atomic mass is 9.87. The molecule has 0 aliphatic rings. The van der Waals surface area contributed by atoms with Gasteiger partial charge in [-0.15, -0.1) is 0 Å². The number of amides is 2. The standard InChI is InChI=1S/C13H16Br2N2O3/c1-13(2,3)10(11(18)19)17-12(20)16-9-5-4-7(14)6-8(9)15/h4-6,10H,1-3H3,(H,18,19)(H2,16,17,20). The van der Waals surface area contributed by atoms with Gasteiger partial charge in [0.25, 0.3) is 0 Å². The van der Waals surface area contributed by atoms with Crippen molar-refractivity contribution in [1.29, 1.82) is 0 Å². The molecule has 1 aromatic rings. The molecular formula is C13H16Br2N2O3. The third-order valence-corrected chi connectivity index (χ3v) is 3.72. The van der Waals surface area contributed by atoms with Crippen molar-refractivity contribution in [3.63, 3.8) is 0 Å². The summed E-state index contributed by atoms with van der Waals surface area (Å²) >= 11 is 6.63. The van der Waals surface area contributed by atoms with Gasteiger partial charge < -0.3 is 15.7 Å². The Labute approximate surface area is 134 Å². The minimum atomic E-state index is -1.07. The van der Waals surface area contributed by atoms with Crippen LogP contribution in [0.1, 0.15) is 20.8 Å². The molecule has 1 unspecified atom stereocenters. The van der Waals surface area contributed by atoms with Crippen molar-refractivity contribution in [1.82, 2.24) is 5.32 Å². The molecule has 1 rings (SSSR count). The number of nitrogens with one attached hydrogen (secondary N) is 2. The number of carboxylic acids is 1. The van der Waals surface area contributed by atoms with Crippen LogP contribution in [0.25, 0.3) is 0 Å². The molecule has 1 aromatic carbocycles. The van der Waals surface area contributed by atoms with Crippen LogP contribution in [0.2, 0.25) is 0 Å². The number of urea groups is 1. The molecule has 20 heavy (non-hydrogen) atoms. The summed E-state index contributed by atoms with van der Waals surface area (Å²) in [5.41, 5.74) is -0.0242. The van der Waals surface area contributed by atoms with Gasteiger partial charge in [-0.05, 0) is 39.5 Å². The van der Waals surface area contributed by atoms with E-state index in [-0.39, 0.29) is 0 Å². The number of carboxylic acid groups (broad SMARTS) is 1. The van der Waals surface area contributed by atoms with Crippen molar-refractivity contribution in [2.75, 3.05) is 5.32 Å². The van der Waals surface area contributed by atoms with Crippen LogP contribution in [-0.2, 0) is 4.79 Å². The Kier molecular flexibility index (Phi) is 5.59. The molecule has 0 aliphatic carbocycles. The zero-order valence-corrected chi connectivity index (χ0v) is 14.5. The first-order chi connectivity index (χ1) is 9.11. The van der Waals surface area contributed by atoms with Crippen molar-refractivity contribution < 1.29 is 14.7 Å². The van der Waals surface area contributed by atoms with Gasteiger partial charge in [0.2, 0.25) is 0 Å². The summed E-state index contributed by atoms with van der Waals surface area (Å²) in [4.78, 5) is 23.1. The molecule has 110 valence electrons. The Hall–Kier alpha value is -1.08. The van der Waals surface area contributed by atoms with Gasteiger partial charge >= 0.3 is 12.0 Å². The molecule has 1 atom stereocenters. The zero-order valence-electron chi connectivity index (χ0n) is 11.3. The van der Waals surface area contributed by atoms with Gasteiger partial charge in [0, 0.05) is 8.95 Å². The summed E-state index contributed by atoms with van der Waals surface area (Å²) in [6.45, 7) is 5.25. The number of aliphatic carboxylic acids is 1. The highest BCUT2D eigenvalue weighted by molar-refractivity contribution is 9.11. The number of halogens is 2. The molecule has 7 heteroatoms. The maximum absolute atomic E-state index is 11.9. The molecule has 0 aliphatic heterocycles. The second-order valence-electron chi connectivity index (χ2n) is 5.36. The van der Waals surface area contributed by atoms with E-state index in [1.165, 1.54) is 0 Å². The average Bonchev–Trinajstić information content (AvgIpc) is 2.28. The van der Waals surface area contributed by atoms with E-state index in [2.05, 4.69) is 42.5 Å². The second kappa shape index (κ2) is 6.58. The first-order valence-electron chi connectivity index (χ1n) is 5.86. The summed E-state index contributed by atoms with van der Waals surface area (Å²) in [6, 6.07) is 3.74. The van der Waals surface area contributed by atoms with Gasteiger partial charge in [0.05, 0.1) is 5.69 Å². The Bertz CT molecular complexity index is 527. The van der Waals surface area contributed by atoms with Gasteiger partial charge in [0.1, 0.15) is 6.04 Å². The van der Waals surface area contributed by atoms with E-state index >= 15 is 0 Å². The Morgan fingerprint density at radius 1 is 1.25 bits per heavy atom. The summed E-state index contributed by atoms with van der Waals surface area (Å²) < 4.78 is 1.57. The minimum absolute atomic E-state index is 0.559. The lowest BCUT2D eigenvalue weighted by Crippen LogP contribution is -2.50. The van der Waals surface area contributed by atoms with Crippen LogP contribution in [0, 0.1) is 5.41 Å². The molecular weight excluding hydrogens is 392 g/mol. The minimum Gasteiger partial charge on any atom is -0.480 e. The smallest absolute Gasteiger partial charge is 0.326 e. The number of benzene rings is 1. The highest BCUT2D eigenvalue weighted by atomic mass is 79.9. The van der Waals surface area contributed by atoms with E-state index in [1.54, 1.807) is 39.0 Å². The topological polar surface area (TPSA) is 78.4 Å². The first-order valence-corrected chi connectivity index (χ1v) is 7.45. The summed E-state index contributed by atoms with van der Waals surface area (Å²) in [5.74, 6) is -1.07. The second-order valence-corrected chi connectivity index (χ2v) is 7.13. The van der Waals surface area contributed by atoms with E-state index in [9.17, 15) is 9.59 Å². The van der Waals surface area contributed by atoms with Gasteiger partial charge in [-0.3, -0.25) is 0 Å². The Balaban J connectivity index is 2.79. The van der Waals surface area contributed by atoms with Crippen LogP contribution in [0.5, 0.6) is 0 Å². The summed E-state index contributed by atoms with van der Waals surface area (Å²) in [7, 11) is 0. The molecule has 5 nitrogen and oxygen atoms in total. The molecule has 0 saturated carbocycles. The van der Waals surface area contributed by atoms with Gasteiger partial charge in [-0.2, -0.15) is 0 Å². The fourth-order valence-electron chi connectivity index (χ4n) is 1.53. The number of carbonyl (C=O) groups is 2. The maximum atomic E-state index is 11.9. The van der Waals surface area contributed by atoms with Crippen molar-refractivity contribution >= 4 is 49.5 Å². The molecule has 0 radical (unpaired) electrons. The number of hydrogen-bond donors (Lipinski definition) is 3. The molecule has 0 heterocycles. The summed E-state index contributed by atoms with van der Waals surface area (Å²) in [5, 5.41) is 14.2. The van der Waals surface area contributed by atoms with Gasteiger partial charge in [0.15, 0.2) is 0 Å². The quantitative estimate of drug-likeness (QED) is 0.712. The van der Waals surface area contributed by atoms with E-state index in [0.29, 0.717) is 10.2 Å². The van der Waals surface area contributed by atoms with Crippen molar-refractivity contribution in [2.45, 2.75) is 26.8 Å². The number of hydrogen-bond acceptors (Lipinski definition) is 2. The number of rotatable bonds is 3. The van der Waals surface area contributed by atoms with Crippen LogP contribution in [0.4, 0.5) is 10.5 Å². The van der Waals surface area contributed by atoms with Crippen LogP contribution in [0.3, 0.4) is 0 Å². The third kappa shape index (κ3) is 4.79. The van der Waals surface area contributed by atoms with Crippen molar-refractivity contribution in [3.05, 3.63) is 27.1 Å². The molecule has 0 saturated heterocycles. The third-order valence-electron chi connectivity index (χ3n) is 2.57. The lowest BCUT2D eigenvalue weighted by Gasteiger charge is -2.27. The maximum Gasteiger partial charge on any atom is 0.326 e. The van der Waals surface area contributed by atoms with E-state index < -0.39 is 23.5 Å². The Morgan fingerprint density at radius 3 is 2.30 bits per heavy atom. The molecule has 3 N–H and O–H groups in total. The van der Waals surface area contributed by atoms with Crippen LogP contribution < -0.4 is 10.6 Å². The normalized spacial score (nSPS) is 12.7. The van der Waals surface area contributed by atoms with Crippen LogP contribution in [0.15, 0.2) is 27.1 Å². The SMILES string of the molecule is CC(C)(C)C(NC(=O)Nc1ccc(Br)cc1Br)C(=O)O. The number of carbonyl (C=O) groups excluding carboxylic acids is 1. The van der Waals surface area contributed by atoms with Gasteiger partial charge in [-0.25, -0.2) is 9.59 Å². The highest BCUT2D eigenvalue weighted by Gasteiger charge is 2.32. The fraction of sp³-hybridized carbons (Fsp3) is 0.385. The predicted molar refractivity (Wildman–Crippen MR) is 84.9 cm³/mol. The van der Waals surface area contributed by atoms with Crippen LogP contribution in [-0.4, -0.2) is 23.1 Å². The highest BCUT2D eigenvalue weighted by Crippen LogP contribution is 2.26. The van der Waals surface area contributed by atoms with Gasteiger partial charge in [-0.1, -0.05) is 36.7 Å². The molecule has 0 aromatic heterocycles.